The maximum absolute atomic E-state index is 12.4. The molecule has 0 aliphatic heterocycles. The van der Waals surface area contributed by atoms with E-state index in [-0.39, 0.29) is 11.9 Å². The first kappa shape index (κ1) is 13.1. The number of carbonyl (C=O) groups excluding carboxylic acids is 1. The molecular formula is C19H18N2O. The van der Waals surface area contributed by atoms with E-state index in [0.717, 1.165) is 24.8 Å². The molecule has 0 saturated heterocycles. The summed E-state index contributed by atoms with van der Waals surface area (Å²) in [6.07, 6.45) is 3.17. The Morgan fingerprint density at radius 1 is 1.05 bits per heavy atom. The zero-order valence-corrected chi connectivity index (χ0v) is 12.3. The maximum Gasteiger partial charge on any atom is 0.251 e. The van der Waals surface area contributed by atoms with Gasteiger partial charge in [-0.1, -0.05) is 36.4 Å². The summed E-state index contributed by atoms with van der Waals surface area (Å²) in [5.41, 5.74) is 4.41. The molecule has 3 heteroatoms. The van der Waals surface area contributed by atoms with E-state index in [0.29, 0.717) is 5.56 Å². The largest absolute Gasteiger partial charge is 0.356 e. The van der Waals surface area contributed by atoms with Gasteiger partial charge in [0.15, 0.2) is 0 Å². The molecule has 0 bridgehead atoms. The molecule has 0 fully saturated rings. The van der Waals surface area contributed by atoms with Gasteiger partial charge in [0.2, 0.25) is 0 Å². The molecule has 1 atom stereocenters. The maximum atomic E-state index is 12.4. The fraction of sp³-hybridized carbons (Fsp3) is 0.211. The number of nitrogens with one attached hydrogen (secondary N) is 2. The van der Waals surface area contributed by atoms with Crippen LogP contribution in [0.4, 0.5) is 0 Å². The van der Waals surface area contributed by atoms with Crippen LogP contribution in [0.15, 0.2) is 54.6 Å². The Morgan fingerprint density at radius 2 is 1.82 bits per heavy atom. The zero-order chi connectivity index (χ0) is 14.9. The van der Waals surface area contributed by atoms with Crippen molar-refractivity contribution in [1.29, 1.82) is 0 Å². The lowest BCUT2D eigenvalue weighted by Crippen LogP contribution is -2.31. The summed E-state index contributed by atoms with van der Waals surface area (Å²) in [6.45, 7) is 0. The molecule has 2 aromatic carbocycles. The lowest BCUT2D eigenvalue weighted by molar-refractivity contribution is 0.0932. The van der Waals surface area contributed by atoms with Crippen LogP contribution in [-0.4, -0.2) is 10.9 Å². The molecule has 0 spiro atoms. The van der Waals surface area contributed by atoms with Gasteiger partial charge in [-0.3, -0.25) is 4.79 Å². The van der Waals surface area contributed by atoms with E-state index in [2.05, 4.69) is 28.5 Å². The van der Waals surface area contributed by atoms with Crippen LogP contribution in [-0.2, 0) is 6.42 Å². The third kappa shape index (κ3) is 2.19. The van der Waals surface area contributed by atoms with Gasteiger partial charge < -0.3 is 10.3 Å². The Balaban J connectivity index is 1.66. The highest BCUT2D eigenvalue weighted by molar-refractivity contribution is 5.94. The Labute approximate surface area is 129 Å². The van der Waals surface area contributed by atoms with Crippen LogP contribution in [0.2, 0.25) is 0 Å². The standard InChI is InChI=1S/C19H18N2O/c22-19(13-7-2-1-3-8-13)21-17-12-6-10-15-14-9-4-5-11-16(14)20-18(15)17/h1-5,7-9,11,17,20H,6,10,12H2,(H,21,22)/t17-/m0/s1. The predicted molar refractivity (Wildman–Crippen MR) is 87.9 cm³/mol. The van der Waals surface area contributed by atoms with Crippen molar-refractivity contribution in [3.05, 3.63) is 71.4 Å². The van der Waals surface area contributed by atoms with Gasteiger partial charge in [0.05, 0.1) is 6.04 Å². The van der Waals surface area contributed by atoms with E-state index in [9.17, 15) is 4.79 Å². The third-order valence-electron chi connectivity index (χ3n) is 4.46. The van der Waals surface area contributed by atoms with Crippen LogP contribution in [0.3, 0.4) is 0 Å². The highest BCUT2D eigenvalue weighted by atomic mass is 16.1. The van der Waals surface area contributed by atoms with Crippen molar-refractivity contribution in [3.8, 4) is 0 Å². The molecule has 22 heavy (non-hydrogen) atoms. The zero-order valence-electron chi connectivity index (χ0n) is 12.3. The number of para-hydroxylation sites is 1. The van der Waals surface area contributed by atoms with E-state index in [4.69, 9.17) is 0 Å². The van der Waals surface area contributed by atoms with E-state index >= 15 is 0 Å². The van der Waals surface area contributed by atoms with Crippen molar-refractivity contribution in [2.45, 2.75) is 25.3 Å². The van der Waals surface area contributed by atoms with Crippen molar-refractivity contribution in [3.63, 3.8) is 0 Å². The number of aryl methyl sites for hydroxylation is 1. The van der Waals surface area contributed by atoms with Gasteiger partial charge in [-0.2, -0.15) is 0 Å². The molecule has 1 aliphatic rings. The van der Waals surface area contributed by atoms with E-state index < -0.39 is 0 Å². The third-order valence-corrected chi connectivity index (χ3v) is 4.46. The van der Waals surface area contributed by atoms with E-state index in [1.54, 1.807) is 0 Å². The van der Waals surface area contributed by atoms with Gasteiger partial charge in [0.1, 0.15) is 0 Å². The predicted octanol–water partition coefficient (Wildman–Crippen LogP) is 3.98. The number of carbonyl (C=O) groups is 1. The topological polar surface area (TPSA) is 44.9 Å². The summed E-state index contributed by atoms with van der Waals surface area (Å²) in [4.78, 5) is 15.9. The average molecular weight is 290 g/mol. The van der Waals surface area contributed by atoms with Crippen LogP contribution in [0.5, 0.6) is 0 Å². The number of aromatic amines is 1. The molecular weight excluding hydrogens is 272 g/mol. The molecule has 0 radical (unpaired) electrons. The minimum absolute atomic E-state index is 0.00268. The second kappa shape index (κ2) is 5.34. The van der Waals surface area contributed by atoms with E-state index in [1.165, 1.54) is 16.6 Å². The number of fused-ring (bicyclic) bond motifs is 3. The molecule has 1 amide bonds. The average Bonchev–Trinajstić information content (AvgIpc) is 2.95. The van der Waals surface area contributed by atoms with Gasteiger partial charge >= 0.3 is 0 Å². The van der Waals surface area contributed by atoms with Gasteiger partial charge in [0.25, 0.3) is 5.91 Å². The highest BCUT2D eigenvalue weighted by Crippen LogP contribution is 2.34. The summed E-state index contributed by atoms with van der Waals surface area (Å²) in [6, 6.07) is 17.9. The van der Waals surface area contributed by atoms with Gasteiger partial charge in [0, 0.05) is 22.2 Å². The molecule has 0 unspecified atom stereocenters. The number of rotatable bonds is 2. The van der Waals surface area contributed by atoms with Crippen molar-refractivity contribution in [2.75, 3.05) is 0 Å². The van der Waals surface area contributed by atoms with Crippen molar-refractivity contribution in [2.24, 2.45) is 0 Å². The highest BCUT2D eigenvalue weighted by Gasteiger charge is 2.25. The monoisotopic (exact) mass is 290 g/mol. The van der Waals surface area contributed by atoms with Crippen molar-refractivity contribution >= 4 is 16.8 Å². The molecule has 3 nitrogen and oxygen atoms in total. The Kier molecular flexibility index (Phi) is 3.19. The SMILES string of the molecule is O=C(N[C@H]1CCCc2c1[nH]c1ccccc21)c1ccccc1. The van der Waals surface area contributed by atoms with Gasteiger partial charge in [-0.15, -0.1) is 0 Å². The lowest BCUT2D eigenvalue weighted by atomic mass is 9.91. The van der Waals surface area contributed by atoms with Gasteiger partial charge in [-0.25, -0.2) is 0 Å². The molecule has 110 valence electrons. The number of H-pyrrole nitrogens is 1. The van der Waals surface area contributed by atoms with Crippen LogP contribution in [0.1, 0.15) is 40.5 Å². The smallest absolute Gasteiger partial charge is 0.251 e. The normalized spacial score (nSPS) is 17.2. The fourth-order valence-electron chi connectivity index (χ4n) is 3.39. The first-order chi connectivity index (χ1) is 10.8. The fourth-order valence-corrected chi connectivity index (χ4v) is 3.39. The number of benzene rings is 2. The van der Waals surface area contributed by atoms with E-state index in [1.807, 2.05) is 36.4 Å². The quantitative estimate of drug-likeness (QED) is 0.737. The molecule has 3 aromatic rings. The second-order valence-corrected chi connectivity index (χ2v) is 5.85. The Bertz CT molecular complexity index is 820. The number of hydrogen-bond acceptors (Lipinski definition) is 1. The molecule has 1 aromatic heterocycles. The molecule has 1 heterocycles. The summed E-state index contributed by atoms with van der Waals surface area (Å²) in [5.74, 6) is -0.00268. The number of amides is 1. The summed E-state index contributed by atoms with van der Waals surface area (Å²) < 4.78 is 0. The minimum atomic E-state index is -0.00268. The van der Waals surface area contributed by atoms with Crippen LogP contribution < -0.4 is 5.32 Å². The first-order valence-electron chi connectivity index (χ1n) is 7.78. The molecule has 0 saturated carbocycles. The van der Waals surface area contributed by atoms with Crippen molar-refractivity contribution in [1.82, 2.24) is 10.3 Å². The Morgan fingerprint density at radius 3 is 2.68 bits per heavy atom. The minimum Gasteiger partial charge on any atom is -0.356 e. The summed E-state index contributed by atoms with van der Waals surface area (Å²) in [7, 11) is 0. The number of hydrogen-bond donors (Lipinski definition) is 2. The number of aromatic nitrogens is 1. The summed E-state index contributed by atoms with van der Waals surface area (Å²) in [5, 5.41) is 4.47. The Hall–Kier alpha value is -2.55. The first-order valence-corrected chi connectivity index (χ1v) is 7.78. The van der Waals surface area contributed by atoms with Gasteiger partial charge in [-0.05, 0) is 43.0 Å². The van der Waals surface area contributed by atoms with Crippen LogP contribution in [0, 0.1) is 0 Å². The summed E-state index contributed by atoms with van der Waals surface area (Å²) >= 11 is 0. The van der Waals surface area contributed by atoms with Crippen LogP contribution in [0.25, 0.3) is 10.9 Å². The van der Waals surface area contributed by atoms with Crippen LogP contribution >= 0.6 is 0 Å². The molecule has 2 N–H and O–H groups in total. The molecule has 1 aliphatic carbocycles. The molecule has 4 rings (SSSR count). The van der Waals surface area contributed by atoms with Crippen molar-refractivity contribution < 1.29 is 4.79 Å². The lowest BCUT2D eigenvalue weighted by Gasteiger charge is -2.23. The second-order valence-electron chi connectivity index (χ2n) is 5.85.